The molecule has 1 heterocycles. The summed E-state index contributed by atoms with van der Waals surface area (Å²) < 4.78 is 3.78. The molecule has 1 aliphatic rings. The number of carbonyl (C=O) groups is 2. The zero-order valence-corrected chi connectivity index (χ0v) is 4.94. The predicted molar refractivity (Wildman–Crippen MR) is 25.6 cm³/mol. The SMILES string of the molecule is O=C1OOC(O)=C(O)OC1=O. The fourth-order valence-electron chi connectivity index (χ4n) is 0.320. The summed E-state index contributed by atoms with van der Waals surface area (Å²) >= 11 is 0. The van der Waals surface area contributed by atoms with E-state index >= 15 is 0 Å². The maximum Gasteiger partial charge on any atom is 0.463 e. The number of cyclic esters (lactones) is 1. The number of aliphatic hydroxyl groups is 2. The average Bonchev–Trinajstić information content (AvgIpc) is 2.05. The lowest BCUT2D eigenvalue weighted by molar-refractivity contribution is -0.264. The van der Waals surface area contributed by atoms with Gasteiger partial charge in [0.05, 0.1) is 0 Å². The lowest BCUT2D eigenvalue weighted by Crippen LogP contribution is -2.16. The Morgan fingerprint density at radius 1 is 0.909 bits per heavy atom. The summed E-state index contributed by atoms with van der Waals surface area (Å²) in [5.74, 6) is -5.36. The maximum absolute atomic E-state index is 10.3. The molecule has 0 aromatic rings. The minimum absolute atomic E-state index is 1.19. The highest BCUT2D eigenvalue weighted by Gasteiger charge is 2.28. The van der Waals surface area contributed by atoms with Crippen LogP contribution in [0, 0.1) is 0 Å². The lowest BCUT2D eigenvalue weighted by Gasteiger charge is -1.93. The van der Waals surface area contributed by atoms with Crippen LogP contribution in [0.2, 0.25) is 0 Å². The van der Waals surface area contributed by atoms with Crippen LogP contribution >= 0.6 is 0 Å². The van der Waals surface area contributed by atoms with Gasteiger partial charge in [0, 0.05) is 0 Å². The van der Waals surface area contributed by atoms with Crippen LogP contribution in [-0.4, -0.2) is 22.2 Å². The third-order valence-electron chi connectivity index (χ3n) is 0.735. The van der Waals surface area contributed by atoms with Gasteiger partial charge in [0.15, 0.2) is 0 Å². The van der Waals surface area contributed by atoms with Crippen molar-refractivity contribution in [1.29, 1.82) is 0 Å². The first-order valence-electron chi connectivity index (χ1n) is 2.34. The number of esters is 1. The van der Waals surface area contributed by atoms with E-state index in [-0.39, 0.29) is 0 Å². The minimum atomic E-state index is -1.48. The zero-order chi connectivity index (χ0) is 8.43. The van der Waals surface area contributed by atoms with Gasteiger partial charge in [-0.3, -0.25) is 0 Å². The van der Waals surface area contributed by atoms with Crippen molar-refractivity contribution in [3.05, 3.63) is 11.9 Å². The summed E-state index contributed by atoms with van der Waals surface area (Å²) in [6.07, 6.45) is 0. The molecule has 0 bridgehead atoms. The van der Waals surface area contributed by atoms with Gasteiger partial charge in [-0.1, -0.05) is 0 Å². The van der Waals surface area contributed by atoms with Crippen LogP contribution in [-0.2, 0) is 24.1 Å². The first-order valence-corrected chi connectivity index (χ1v) is 2.34. The standard InChI is InChI=1S/C4H2O7/c5-1-3(7)10-11-4(8)2(6)9-1/h5,7H. The van der Waals surface area contributed by atoms with Gasteiger partial charge in [-0.2, -0.15) is 0 Å². The van der Waals surface area contributed by atoms with Crippen molar-refractivity contribution in [3.8, 4) is 0 Å². The van der Waals surface area contributed by atoms with Crippen molar-refractivity contribution in [2.75, 3.05) is 0 Å². The molecule has 1 aliphatic heterocycles. The van der Waals surface area contributed by atoms with E-state index in [1.807, 2.05) is 0 Å². The van der Waals surface area contributed by atoms with Crippen molar-refractivity contribution >= 4 is 11.9 Å². The Hall–Kier alpha value is -1.92. The van der Waals surface area contributed by atoms with Crippen LogP contribution in [0.5, 0.6) is 0 Å². The number of rotatable bonds is 0. The molecule has 0 radical (unpaired) electrons. The molecule has 0 atom stereocenters. The van der Waals surface area contributed by atoms with E-state index in [2.05, 4.69) is 14.5 Å². The monoisotopic (exact) mass is 162 g/mol. The topological polar surface area (TPSA) is 102 Å². The maximum atomic E-state index is 10.3. The normalized spacial score (nSPS) is 18.2. The van der Waals surface area contributed by atoms with E-state index in [9.17, 15) is 9.59 Å². The van der Waals surface area contributed by atoms with Crippen molar-refractivity contribution in [3.63, 3.8) is 0 Å². The summed E-state index contributed by atoms with van der Waals surface area (Å²) in [7, 11) is 0. The van der Waals surface area contributed by atoms with Gasteiger partial charge in [0.2, 0.25) is 0 Å². The number of hydrogen-bond acceptors (Lipinski definition) is 7. The molecule has 0 aromatic carbocycles. The van der Waals surface area contributed by atoms with Gasteiger partial charge in [0.1, 0.15) is 0 Å². The largest absolute Gasteiger partial charge is 0.475 e. The number of carbonyl (C=O) groups excluding carboxylic acids is 2. The predicted octanol–water partition coefficient (Wildman–Crippen LogP) is -0.739. The second-order valence-electron chi connectivity index (χ2n) is 1.45. The molecule has 0 amide bonds. The van der Waals surface area contributed by atoms with E-state index in [1.165, 1.54) is 0 Å². The summed E-state index contributed by atoms with van der Waals surface area (Å²) in [6.45, 7) is 0. The molecule has 60 valence electrons. The Kier molecular flexibility index (Phi) is 1.55. The van der Waals surface area contributed by atoms with Crippen molar-refractivity contribution < 1.29 is 34.3 Å². The van der Waals surface area contributed by atoms with Gasteiger partial charge in [-0.05, 0) is 0 Å². The van der Waals surface area contributed by atoms with Gasteiger partial charge in [-0.15, -0.1) is 0 Å². The zero-order valence-electron chi connectivity index (χ0n) is 4.94. The van der Waals surface area contributed by atoms with Crippen molar-refractivity contribution in [1.82, 2.24) is 0 Å². The molecule has 0 aliphatic carbocycles. The minimum Gasteiger partial charge on any atom is -0.475 e. The molecule has 0 spiro atoms. The van der Waals surface area contributed by atoms with Gasteiger partial charge in [-0.25, -0.2) is 19.4 Å². The van der Waals surface area contributed by atoms with Crippen LogP contribution in [0.3, 0.4) is 0 Å². The third kappa shape index (κ3) is 1.31. The summed E-state index contributed by atoms with van der Waals surface area (Å²) in [5.41, 5.74) is 0. The smallest absolute Gasteiger partial charge is 0.463 e. The second-order valence-corrected chi connectivity index (χ2v) is 1.45. The fourth-order valence-corrected chi connectivity index (χ4v) is 0.320. The Bertz CT molecular complexity index is 239. The summed E-state index contributed by atoms with van der Waals surface area (Å²) in [6, 6.07) is 0. The molecule has 0 aromatic heterocycles. The van der Waals surface area contributed by atoms with Gasteiger partial charge >= 0.3 is 23.8 Å². The molecule has 11 heavy (non-hydrogen) atoms. The van der Waals surface area contributed by atoms with E-state index < -0.39 is 23.8 Å². The summed E-state index contributed by atoms with van der Waals surface area (Å²) in [5, 5.41) is 16.9. The molecule has 0 saturated heterocycles. The van der Waals surface area contributed by atoms with Crippen LogP contribution < -0.4 is 0 Å². The summed E-state index contributed by atoms with van der Waals surface area (Å²) in [4.78, 5) is 27.8. The van der Waals surface area contributed by atoms with Crippen LogP contribution in [0.25, 0.3) is 0 Å². The lowest BCUT2D eigenvalue weighted by atomic mass is 10.7. The van der Waals surface area contributed by atoms with E-state index in [1.54, 1.807) is 0 Å². The molecule has 0 saturated carbocycles. The molecular formula is C4H2O7. The number of ether oxygens (including phenoxy) is 1. The average molecular weight is 162 g/mol. The number of hydrogen-bond donors (Lipinski definition) is 2. The Morgan fingerprint density at radius 3 is 2.18 bits per heavy atom. The van der Waals surface area contributed by atoms with E-state index in [0.717, 1.165) is 0 Å². The van der Waals surface area contributed by atoms with Crippen LogP contribution in [0.4, 0.5) is 0 Å². The molecule has 7 nitrogen and oxygen atoms in total. The highest BCUT2D eigenvalue weighted by Crippen LogP contribution is 2.07. The van der Waals surface area contributed by atoms with Crippen molar-refractivity contribution in [2.45, 2.75) is 0 Å². The Morgan fingerprint density at radius 2 is 1.55 bits per heavy atom. The molecule has 1 rings (SSSR count). The quantitative estimate of drug-likeness (QED) is 0.274. The van der Waals surface area contributed by atoms with Gasteiger partial charge in [0.25, 0.3) is 0 Å². The molecule has 7 heteroatoms. The molecule has 0 unspecified atom stereocenters. The molecule has 0 fully saturated rings. The fraction of sp³-hybridized carbons (Fsp3) is 0. The van der Waals surface area contributed by atoms with Gasteiger partial charge < -0.3 is 14.9 Å². The third-order valence-corrected chi connectivity index (χ3v) is 0.735. The Balaban J connectivity index is 2.83. The highest BCUT2D eigenvalue weighted by atomic mass is 17.2. The Labute approximate surface area is 59.3 Å². The van der Waals surface area contributed by atoms with E-state index in [4.69, 9.17) is 10.2 Å². The second kappa shape index (κ2) is 2.37. The highest BCUT2D eigenvalue weighted by molar-refractivity contribution is 6.29. The van der Waals surface area contributed by atoms with Crippen LogP contribution in [0.15, 0.2) is 11.9 Å². The molecule has 2 N–H and O–H groups in total. The first-order chi connectivity index (χ1) is 5.11. The van der Waals surface area contributed by atoms with E-state index in [0.29, 0.717) is 0 Å². The number of aliphatic hydroxyl groups excluding tert-OH is 2. The van der Waals surface area contributed by atoms with Crippen molar-refractivity contribution in [2.24, 2.45) is 0 Å². The van der Waals surface area contributed by atoms with Crippen LogP contribution in [0.1, 0.15) is 0 Å². The molecular weight excluding hydrogens is 160 g/mol. The first kappa shape index (κ1) is 7.19.